The zero-order valence-corrected chi connectivity index (χ0v) is 13.7. The summed E-state index contributed by atoms with van der Waals surface area (Å²) in [6, 6.07) is 0. The molecular formula is C14H31NOSi. The standard InChI is InChI=1S/C14H31NOSi/c1-13(12-15-10-8-7-9-11-15)16-17(5,6)14(2,3)4/h13H,7-12H2,1-6H3. The fourth-order valence-corrected chi connectivity index (χ4v) is 3.66. The molecule has 0 N–H and O–H groups in total. The maximum absolute atomic E-state index is 6.40. The van der Waals surface area contributed by atoms with Gasteiger partial charge in [0, 0.05) is 6.54 Å². The average Bonchev–Trinajstić information content (AvgIpc) is 2.16. The van der Waals surface area contributed by atoms with Gasteiger partial charge >= 0.3 is 0 Å². The Kier molecular flexibility index (Phi) is 5.23. The van der Waals surface area contributed by atoms with Gasteiger partial charge in [-0.3, -0.25) is 0 Å². The van der Waals surface area contributed by atoms with Gasteiger partial charge in [0.15, 0.2) is 8.32 Å². The second-order valence-electron chi connectivity index (χ2n) is 7.05. The highest BCUT2D eigenvalue weighted by molar-refractivity contribution is 6.74. The summed E-state index contributed by atoms with van der Waals surface area (Å²) in [4.78, 5) is 2.57. The van der Waals surface area contributed by atoms with Crippen molar-refractivity contribution < 1.29 is 4.43 Å². The van der Waals surface area contributed by atoms with E-state index >= 15 is 0 Å². The van der Waals surface area contributed by atoms with Crippen LogP contribution in [0.5, 0.6) is 0 Å². The van der Waals surface area contributed by atoms with Crippen LogP contribution in [0.25, 0.3) is 0 Å². The zero-order valence-electron chi connectivity index (χ0n) is 12.7. The van der Waals surface area contributed by atoms with E-state index in [1.54, 1.807) is 0 Å². The van der Waals surface area contributed by atoms with E-state index in [2.05, 4.69) is 45.7 Å². The summed E-state index contributed by atoms with van der Waals surface area (Å²) in [6.07, 6.45) is 4.53. The van der Waals surface area contributed by atoms with Crippen molar-refractivity contribution in [1.29, 1.82) is 0 Å². The predicted molar refractivity (Wildman–Crippen MR) is 78.0 cm³/mol. The second-order valence-corrected chi connectivity index (χ2v) is 11.8. The van der Waals surface area contributed by atoms with Gasteiger partial charge in [0.2, 0.25) is 0 Å². The molecule has 0 amide bonds. The lowest BCUT2D eigenvalue weighted by atomic mass is 10.1. The first-order chi connectivity index (χ1) is 7.72. The third-order valence-electron chi connectivity index (χ3n) is 4.27. The molecule has 0 aliphatic carbocycles. The van der Waals surface area contributed by atoms with E-state index in [0.29, 0.717) is 11.1 Å². The van der Waals surface area contributed by atoms with E-state index < -0.39 is 8.32 Å². The summed E-state index contributed by atoms with van der Waals surface area (Å²) in [5.41, 5.74) is 0. The topological polar surface area (TPSA) is 12.5 Å². The fraction of sp³-hybridized carbons (Fsp3) is 1.00. The predicted octanol–water partition coefficient (Wildman–Crippen LogP) is 3.88. The Hall–Kier alpha value is 0.137. The van der Waals surface area contributed by atoms with E-state index in [-0.39, 0.29) is 0 Å². The second kappa shape index (κ2) is 5.85. The van der Waals surface area contributed by atoms with Crippen molar-refractivity contribution in [2.75, 3.05) is 19.6 Å². The molecule has 17 heavy (non-hydrogen) atoms. The third-order valence-corrected chi connectivity index (χ3v) is 8.87. The van der Waals surface area contributed by atoms with Crippen LogP contribution in [0.4, 0.5) is 0 Å². The lowest BCUT2D eigenvalue weighted by Gasteiger charge is -2.40. The molecule has 0 aromatic heterocycles. The molecule has 0 aromatic rings. The van der Waals surface area contributed by atoms with Crippen molar-refractivity contribution in [3.05, 3.63) is 0 Å². The Morgan fingerprint density at radius 2 is 1.65 bits per heavy atom. The number of hydrogen-bond donors (Lipinski definition) is 0. The number of likely N-dealkylation sites (tertiary alicyclic amines) is 1. The van der Waals surface area contributed by atoms with Gasteiger partial charge < -0.3 is 9.33 Å². The molecule has 0 spiro atoms. The Morgan fingerprint density at radius 1 is 1.12 bits per heavy atom. The highest BCUT2D eigenvalue weighted by Crippen LogP contribution is 2.37. The van der Waals surface area contributed by atoms with Crippen LogP contribution < -0.4 is 0 Å². The van der Waals surface area contributed by atoms with Gasteiger partial charge in [-0.25, -0.2) is 0 Å². The molecule has 1 rings (SSSR count). The van der Waals surface area contributed by atoms with Crippen LogP contribution in [0.2, 0.25) is 18.1 Å². The molecule has 1 atom stereocenters. The minimum Gasteiger partial charge on any atom is -0.413 e. The van der Waals surface area contributed by atoms with Gasteiger partial charge in [0.05, 0.1) is 6.10 Å². The third kappa shape index (κ3) is 4.72. The summed E-state index contributed by atoms with van der Waals surface area (Å²) in [5, 5.41) is 0.323. The van der Waals surface area contributed by atoms with E-state index in [9.17, 15) is 0 Å². The normalized spacial score (nSPS) is 21.5. The first kappa shape index (κ1) is 15.2. The summed E-state index contributed by atoms with van der Waals surface area (Å²) in [7, 11) is -1.58. The van der Waals surface area contributed by atoms with E-state index in [0.717, 1.165) is 6.54 Å². The summed E-state index contributed by atoms with van der Waals surface area (Å²) in [6.45, 7) is 17.5. The van der Waals surface area contributed by atoms with Gasteiger partial charge in [0.25, 0.3) is 0 Å². The first-order valence-electron chi connectivity index (χ1n) is 7.12. The molecule has 0 saturated carbocycles. The van der Waals surface area contributed by atoms with Crippen LogP contribution in [0.3, 0.4) is 0 Å². The van der Waals surface area contributed by atoms with Crippen molar-refractivity contribution in [3.8, 4) is 0 Å². The molecule has 1 unspecified atom stereocenters. The minimum absolute atomic E-state index is 0.323. The van der Waals surface area contributed by atoms with Crippen LogP contribution >= 0.6 is 0 Å². The highest BCUT2D eigenvalue weighted by atomic mass is 28.4. The zero-order chi connectivity index (χ0) is 13.1. The number of rotatable bonds is 4. The van der Waals surface area contributed by atoms with E-state index in [1.807, 2.05) is 0 Å². The van der Waals surface area contributed by atoms with Crippen LogP contribution in [0.1, 0.15) is 47.0 Å². The van der Waals surface area contributed by atoms with Crippen LogP contribution in [0, 0.1) is 0 Å². The van der Waals surface area contributed by atoms with Gasteiger partial charge in [-0.15, -0.1) is 0 Å². The lowest BCUT2D eigenvalue weighted by molar-refractivity contribution is 0.119. The number of hydrogen-bond acceptors (Lipinski definition) is 2. The molecule has 1 aliphatic heterocycles. The highest BCUT2D eigenvalue weighted by Gasteiger charge is 2.38. The molecule has 3 heteroatoms. The Balaban J connectivity index is 2.40. The molecule has 0 radical (unpaired) electrons. The van der Waals surface area contributed by atoms with Gasteiger partial charge in [-0.1, -0.05) is 27.2 Å². The van der Waals surface area contributed by atoms with Crippen molar-refractivity contribution >= 4 is 8.32 Å². The van der Waals surface area contributed by atoms with E-state index in [4.69, 9.17) is 4.43 Å². The molecule has 1 saturated heterocycles. The number of piperidine rings is 1. The van der Waals surface area contributed by atoms with Crippen molar-refractivity contribution in [1.82, 2.24) is 4.90 Å². The Labute approximate surface area is 109 Å². The van der Waals surface area contributed by atoms with Crippen LogP contribution in [-0.2, 0) is 4.43 Å². The van der Waals surface area contributed by atoms with Crippen molar-refractivity contribution in [2.45, 2.75) is 71.2 Å². The lowest BCUT2D eigenvalue weighted by Crippen LogP contribution is -2.46. The SMILES string of the molecule is CC(CN1CCCCC1)O[Si](C)(C)C(C)(C)C. The first-order valence-corrected chi connectivity index (χ1v) is 10.0. The largest absolute Gasteiger partial charge is 0.413 e. The van der Waals surface area contributed by atoms with Gasteiger partial charge in [-0.2, -0.15) is 0 Å². The molecule has 102 valence electrons. The molecule has 2 nitrogen and oxygen atoms in total. The minimum atomic E-state index is -1.58. The average molecular weight is 257 g/mol. The summed E-state index contributed by atoms with van der Waals surface area (Å²) >= 11 is 0. The van der Waals surface area contributed by atoms with Crippen molar-refractivity contribution in [2.24, 2.45) is 0 Å². The molecular weight excluding hydrogens is 226 g/mol. The Bertz CT molecular complexity index is 229. The summed E-state index contributed by atoms with van der Waals surface area (Å²) in [5.74, 6) is 0. The smallest absolute Gasteiger partial charge is 0.192 e. The maximum Gasteiger partial charge on any atom is 0.192 e. The van der Waals surface area contributed by atoms with Crippen molar-refractivity contribution in [3.63, 3.8) is 0 Å². The fourth-order valence-electron chi connectivity index (χ4n) is 2.22. The Morgan fingerprint density at radius 3 is 2.12 bits per heavy atom. The van der Waals surface area contributed by atoms with Crippen LogP contribution in [-0.4, -0.2) is 39.0 Å². The molecule has 0 aromatic carbocycles. The maximum atomic E-state index is 6.40. The quantitative estimate of drug-likeness (QED) is 0.709. The molecule has 1 fully saturated rings. The van der Waals surface area contributed by atoms with Gasteiger partial charge in [-0.05, 0) is 51.0 Å². The number of nitrogens with zero attached hydrogens (tertiary/aromatic N) is 1. The molecule has 1 heterocycles. The van der Waals surface area contributed by atoms with Crippen LogP contribution in [0.15, 0.2) is 0 Å². The van der Waals surface area contributed by atoms with Gasteiger partial charge in [0.1, 0.15) is 0 Å². The van der Waals surface area contributed by atoms with E-state index in [1.165, 1.54) is 32.4 Å². The monoisotopic (exact) mass is 257 g/mol. The summed E-state index contributed by atoms with van der Waals surface area (Å²) < 4.78 is 6.40. The molecule has 1 aliphatic rings. The molecule has 0 bridgehead atoms.